The van der Waals surface area contributed by atoms with Crippen molar-refractivity contribution in [2.45, 2.75) is 34.2 Å². The predicted octanol–water partition coefficient (Wildman–Crippen LogP) is 3.94. The van der Waals surface area contributed by atoms with Crippen molar-refractivity contribution in [3.8, 4) is 0 Å². The lowest BCUT2D eigenvalue weighted by molar-refractivity contribution is -0.116. The summed E-state index contributed by atoms with van der Waals surface area (Å²) < 4.78 is 0. The fraction of sp³-hybridized carbons (Fsp3) is 0.286. The molecule has 0 aliphatic heterocycles. The molecular formula is C21H25N3O2. The lowest BCUT2D eigenvalue weighted by Crippen LogP contribution is -2.23. The first-order valence-corrected chi connectivity index (χ1v) is 8.53. The van der Waals surface area contributed by atoms with Crippen LogP contribution in [0.4, 0.5) is 5.69 Å². The summed E-state index contributed by atoms with van der Waals surface area (Å²) in [7, 11) is 0. The van der Waals surface area contributed by atoms with E-state index < -0.39 is 0 Å². The van der Waals surface area contributed by atoms with Gasteiger partial charge in [-0.3, -0.25) is 14.6 Å². The van der Waals surface area contributed by atoms with Gasteiger partial charge < -0.3 is 10.6 Å². The van der Waals surface area contributed by atoms with E-state index >= 15 is 0 Å². The summed E-state index contributed by atoms with van der Waals surface area (Å²) in [5.41, 5.74) is 2.94. The maximum absolute atomic E-state index is 12.3. The van der Waals surface area contributed by atoms with E-state index in [9.17, 15) is 9.59 Å². The van der Waals surface area contributed by atoms with Crippen molar-refractivity contribution < 1.29 is 9.59 Å². The van der Waals surface area contributed by atoms with Crippen LogP contribution in [0.5, 0.6) is 0 Å². The van der Waals surface area contributed by atoms with Crippen molar-refractivity contribution in [3.63, 3.8) is 0 Å². The molecule has 0 fully saturated rings. The van der Waals surface area contributed by atoms with Gasteiger partial charge in [0, 0.05) is 30.7 Å². The number of amides is 2. The molecule has 136 valence electrons. The molecule has 1 aromatic carbocycles. The molecule has 2 aromatic rings. The molecule has 0 atom stereocenters. The van der Waals surface area contributed by atoms with Crippen LogP contribution in [-0.2, 0) is 11.3 Å². The van der Waals surface area contributed by atoms with Gasteiger partial charge in [0.05, 0.1) is 5.56 Å². The van der Waals surface area contributed by atoms with Crippen LogP contribution in [0.3, 0.4) is 0 Å². The summed E-state index contributed by atoms with van der Waals surface area (Å²) in [4.78, 5) is 28.4. The van der Waals surface area contributed by atoms with Gasteiger partial charge in [0.15, 0.2) is 0 Å². The van der Waals surface area contributed by atoms with Gasteiger partial charge in [-0.15, -0.1) is 0 Å². The van der Waals surface area contributed by atoms with Crippen LogP contribution in [0.2, 0.25) is 0 Å². The number of nitrogens with one attached hydrogen (secondary N) is 2. The van der Waals surface area contributed by atoms with Crippen LogP contribution >= 0.6 is 0 Å². The summed E-state index contributed by atoms with van der Waals surface area (Å²) in [6.07, 6.45) is 4.75. The lowest BCUT2D eigenvalue weighted by Gasteiger charge is -2.19. The zero-order chi connectivity index (χ0) is 19.2. The smallest absolute Gasteiger partial charge is 0.257 e. The first-order valence-electron chi connectivity index (χ1n) is 8.53. The number of rotatable bonds is 5. The number of aromatic nitrogens is 1. The van der Waals surface area contributed by atoms with E-state index in [0.29, 0.717) is 17.8 Å². The molecule has 26 heavy (non-hydrogen) atoms. The van der Waals surface area contributed by atoms with Crippen LogP contribution in [0.1, 0.15) is 43.6 Å². The highest BCUT2D eigenvalue weighted by Crippen LogP contribution is 2.24. The third kappa shape index (κ3) is 5.55. The Hall–Kier alpha value is -2.95. The van der Waals surface area contributed by atoms with Crippen molar-refractivity contribution >= 4 is 17.5 Å². The van der Waals surface area contributed by atoms with Crippen LogP contribution < -0.4 is 10.6 Å². The minimum Gasteiger partial charge on any atom is -0.348 e. The number of benzene rings is 1. The molecule has 1 heterocycles. The highest BCUT2D eigenvalue weighted by Gasteiger charge is 2.14. The third-order valence-electron chi connectivity index (χ3n) is 4.17. The van der Waals surface area contributed by atoms with E-state index in [1.807, 2.05) is 31.2 Å². The summed E-state index contributed by atoms with van der Waals surface area (Å²) in [6, 6.07) is 10.8. The molecule has 0 bridgehead atoms. The highest BCUT2D eigenvalue weighted by atomic mass is 16.2. The number of pyridine rings is 1. The molecule has 0 saturated carbocycles. The second-order valence-corrected chi connectivity index (χ2v) is 7.15. The lowest BCUT2D eigenvalue weighted by atomic mass is 9.87. The number of allylic oxidation sites excluding steroid dienone is 1. The van der Waals surface area contributed by atoms with Crippen LogP contribution in [0.15, 0.2) is 60.4 Å². The van der Waals surface area contributed by atoms with Gasteiger partial charge in [-0.25, -0.2) is 0 Å². The first kappa shape index (κ1) is 19.4. The topological polar surface area (TPSA) is 71.1 Å². The normalized spacial score (nSPS) is 11.8. The molecule has 2 rings (SSSR count). The first-order chi connectivity index (χ1) is 12.3. The standard InChI is InChI=1S/C21H25N3O2/c1-15(21(2,3)4)12-19(25)23-14-16-8-5-6-10-18(16)24-20(26)17-9-7-11-22-13-17/h5-13H,14H2,1-4H3,(H,23,25)(H,24,26)/b15-12+. The molecular weight excluding hydrogens is 326 g/mol. The van der Waals surface area contributed by atoms with Gasteiger partial charge in [-0.05, 0) is 36.1 Å². The van der Waals surface area contributed by atoms with Crippen LogP contribution in [0.25, 0.3) is 0 Å². The number of hydrogen-bond donors (Lipinski definition) is 2. The minimum atomic E-state index is -0.236. The molecule has 0 aliphatic carbocycles. The summed E-state index contributed by atoms with van der Waals surface area (Å²) in [5, 5.41) is 5.75. The zero-order valence-electron chi connectivity index (χ0n) is 15.7. The van der Waals surface area contributed by atoms with E-state index in [1.54, 1.807) is 24.4 Å². The van der Waals surface area contributed by atoms with Crippen molar-refractivity contribution in [2.24, 2.45) is 5.41 Å². The molecule has 2 N–H and O–H groups in total. The quantitative estimate of drug-likeness (QED) is 0.802. The molecule has 2 amide bonds. The average molecular weight is 351 g/mol. The third-order valence-corrected chi connectivity index (χ3v) is 4.17. The van der Waals surface area contributed by atoms with Crippen molar-refractivity contribution in [1.29, 1.82) is 0 Å². The van der Waals surface area contributed by atoms with E-state index in [-0.39, 0.29) is 17.2 Å². The molecule has 0 aliphatic rings. The minimum absolute atomic E-state index is 0.0487. The Morgan fingerprint density at radius 1 is 1.12 bits per heavy atom. The molecule has 5 heteroatoms. The van der Waals surface area contributed by atoms with E-state index in [1.165, 1.54) is 6.20 Å². The Labute approximate surface area is 154 Å². The van der Waals surface area contributed by atoms with E-state index in [4.69, 9.17) is 0 Å². The fourth-order valence-corrected chi connectivity index (χ4v) is 2.13. The monoisotopic (exact) mass is 351 g/mol. The SMILES string of the molecule is C/C(=C\C(=O)NCc1ccccc1NC(=O)c1cccnc1)C(C)(C)C. The molecule has 0 spiro atoms. The second kappa shape index (κ2) is 8.43. The number of para-hydroxylation sites is 1. The number of carbonyl (C=O) groups excluding carboxylic acids is 2. The summed E-state index contributed by atoms with van der Waals surface area (Å²) in [5.74, 6) is -0.383. The Morgan fingerprint density at radius 2 is 1.85 bits per heavy atom. The van der Waals surface area contributed by atoms with Gasteiger partial charge in [0.1, 0.15) is 0 Å². The van der Waals surface area contributed by atoms with Crippen molar-refractivity contribution in [1.82, 2.24) is 10.3 Å². The Balaban J connectivity index is 2.05. The highest BCUT2D eigenvalue weighted by molar-refractivity contribution is 6.04. The maximum atomic E-state index is 12.3. The van der Waals surface area contributed by atoms with Crippen molar-refractivity contribution in [3.05, 3.63) is 71.6 Å². The number of hydrogen-bond acceptors (Lipinski definition) is 3. The number of anilines is 1. The van der Waals surface area contributed by atoms with E-state index in [0.717, 1.165) is 11.1 Å². The van der Waals surface area contributed by atoms with Crippen molar-refractivity contribution in [2.75, 3.05) is 5.32 Å². The second-order valence-electron chi connectivity index (χ2n) is 7.15. The van der Waals surface area contributed by atoms with Crippen LogP contribution in [0, 0.1) is 5.41 Å². The molecule has 0 radical (unpaired) electrons. The zero-order valence-corrected chi connectivity index (χ0v) is 15.7. The van der Waals surface area contributed by atoms with Crippen LogP contribution in [-0.4, -0.2) is 16.8 Å². The van der Waals surface area contributed by atoms with Gasteiger partial charge in [0.25, 0.3) is 5.91 Å². The van der Waals surface area contributed by atoms with E-state index in [2.05, 4.69) is 36.4 Å². The average Bonchev–Trinajstić information content (AvgIpc) is 2.61. The Bertz CT molecular complexity index is 806. The number of nitrogens with zero attached hydrogens (tertiary/aromatic N) is 1. The van der Waals surface area contributed by atoms with Gasteiger partial charge in [-0.1, -0.05) is 44.5 Å². The molecule has 5 nitrogen and oxygen atoms in total. The summed E-state index contributed by atoms with van der Waals surface area (Å²) in [6.45, 7) is 8.47. The van der Waals surface area contributed by atoms with Gasteiger partial charge in [-0.2, -0.15) is 0 Å². The Morgan fingerprint density at radius 3 is 2.50 bits per heavy atom. The maximum Gasteiger partial charge on any atom is 0.257 e. The molecule has 0 unspecified atom stereocenters. The van der Waals surface area contributed by atoms with Gasteiger partial charge >= 0.3 is 0 Å². The molecule has 0 saturated heterocycles. The largest absolute Gasteiger partial charge is 0.348 e. The van der Waals surface area contributed by atoms with Gasteiger partial charge in [0.2, 0.25) is 5.91 Å². The number of carbonyl (C=O) groups is 2. The predicted molar refractivity (Wildman–Crippen MR) is 104 cm³/mol. The fourth-order valence-electron chi connectivity index (χ4n) is 2.13. The summed E-state index contributed by atoms with van der Waals surface area (Å²) >= 11 is 0. The Kier molecular flexibility index (Phi) is 6.28. The molecule has 1 aromatic heterocycles.